The van der Waals surface area contributed by atoms with Crippen LogP contribution in [0.4, 0.5) is 0 Å². The molecule has 2 rings (SSSR count). The number of amides is 2. The Kier molecular flexibility index (Phi) is 8.39. The Morgan fingerprint density at radius 2 is 1.81 bits per heavy atom. The van der Waals surface area contributed by atoms with Crippen molar-refractivity contribution in [3.8, 4) is 0 Å². The van der Waals surface area contributed by atoms with Gasteiger partial charge in [-0.05, 0) is 44.6 Å². The van der Waals surface area contributed by atoms with E-state index in [0.717, 1.165) is 24.9 Å². The number of rotatable bonds is 9. The first-order valence-electron chi connectivity index (χ1n) is 9.85. The molecule has 0 spiro atoms. The normalized spacial score (nSPS) is 13.8. The molecule has 0 aliphatic heterocycles. The minimum absolute atomic E-state index is 0.0558. The molecular weight excluding hydrogens is 324 g/mol. The summed E-state index contributed by atoms with van der Waals surface area (Å²) in [5.41, 5.74) is 2.60. The molecule has 0 saturated carbocycles. The number of allylic oxidation sites excluding steroid dienone is 1. The monoisotopic (exact) mass is 356 g/mol. The second-order valence-corrected chi connectivity index (χ2v) is 7.01. The number of benzene rings is 1. The average molecular weight is 357 g/mol. The van der Waals surface area contributed by atoms with Crippen LogP contribution in [0.25, 0.3) is 0 Å². The molecule has 1 aromatic rings. The number of hydrogen-bond donors (Lipinski definition) is 0. The molecule has 0 saturated heterocycles. The van der Waals surface area contributed by atoms with Crippen LogP contribution in [0, 0.1) is 0 Å². The average Bonchev–Trinajstić information content (AvgIpc) is 2.67. The highest BCUT2D eigenvalue weighted by atomic mass is 16.2. The van der Waals surface area contributed by atoms with Crippen LogP contribution in [0.15, 0.2) is 42.0 Å². The second-order valence-electron chi connectivity index (χ2n) is 7.01. The van der Waals surface area contributed by atoms with E-state index in [1.54, 1.807) is 6.92 Å². The van der Waals surface area contributed by atoms with Crippen LogP contribution < -0.4 is 0 Å². The van der Waals surface area contributed by atoms with Crippen LogP contribution in [0.5, 0.6) is 0 Å². The van der Waals surface area contributed by atoms with Crippen LogP contribution >= 0.6 is 0 Å². The number of carbonyl (C=O) groups excluding carboxylic acids is 2. The first-order valence-corrected chi connectivity index (χ1v) is 9.85. The summed E-state index contributed by atoms with van der Waals surface area (Å²) in [4.78, 5) is 28.2. The predicted octanol–water partition coefficient (Wildman–Crippen LogP) is 4.16. The predicted molar refractivity (Wildman–Crippen MR) is 106 cm³/mol. The minimum Gasteiger partial charge on any atom is -0.342 e. The Labute approximate surface area is 157 Å². The van der Waals surface area contributed by atoms with Crippen molar-refractivity contribution in [3.63, 3.8) is 0 Å². The zero-order valence-corrected chi connectivity index (χ0v) is 16.2. The van der Waals surface area contributed by atoms with Crippen molar-refractivity contribution in [1.82, 2.24) is 9.80 Å². The van der Waals surface area contributed by atoms with Crippen LogP contribution in [-0.2, 0) is 16.1 Å². The van der Waals surface area contributed by atoms with E-state index < -0.39 is 0 Å². The van der Waals surface area contributed by atoms with Gasteiger partial charge in [0.25, 0.3) is 0 Å². The van der Waals surface area contributed by atoms with Crippen molar-refractivity contribution < 1.29 is 9.59 Å². The largest absolute Gasteiger partial charge is 0.342 e. The van der Waals surface area contributed by atoms with Crippen LogP contribution in [-0.4, -0.2) is 41.2 Å². The Balaban J connectivity index is 1.83. The van der Waals surface area contributed by atoms with Gasteiger partial charge in [-0.25, -0.2) is 0 Å². The fourth-order valence-electron chi connectivity index (χ4n) is 3.41. The highest BCUT2D eigenvalue weighted by molar-refractivity contribution is 5.78. The Morgan fingerprint density at radius 3 is 2.42 bits per heavy atom. The maximum Gasteiger partial charge on any atom is 0.224 e. The number of hydrogen-bond acceptors (Lipinski definition) is 2. The maximum absolute atomic E-state index is 12.6. The van der Waals surface area contributed by atoms with Gasteiger partial charge in [0, 0.05) is 39.5 Å². The van der Waals surface area contributed by atoms with Crippen molar-refractivity contribution in [3.05, 3.63) is 47.5 Å². The third-order valence-electron chi connectivity index (χ3n) is 5.08. The van der Waals surface area contributed by atoms with E-state index >= 15 is 0 Å². The lowest BCUT2D eigenvalue weighted by atomic mass is 9.97. The van der Waals surface area contributed by atoms with E-state index in [2.05, 4.69) is 6.08 Å². The maximum atomic E-state index is 12.6. The van der Waals surface area contributed by atoms with Crippen LogP contribution in [0.2, 0.25) is 0 Å². The molecule has 0 radical (unpaired) electrons. The summed E-state index contributed by atoms with van der Waals surface area (Å²) in [5, 5.41) is 0. The van der Waals surface area contributed by atoms with Crippen molar-refractivity contribution in [2.24, 2.45) is 0 Å². The first-order chi connectivity index (χ1) is 12.6. The molecule has 0 fully saturated rings. The van der Waals surface area contributed by atoms with Gasteiger partial charge in [0.15, 0.2) is 0 Å². The third-order valence-corrected chi connectivity index (χ3v) is 5.08. The molecule has 1 aromatic carbocycles. The molecular formula is C22H32N2O2. The van der Waals surface area contributed by atoms with Gasteiger partial charge in [0.1, 0.15) is 0 Å². The van der Waals surface area contributed by atoms with E-state index in [1.807, 2.05) is 47.1 Å². The standard InChI is InChI=1S/C22H32N2O2/c1-3-23(18-21-12-8-5-9-13-21)22(26)15-17-24(19(2)25)16-14-20-10-6-4-7-11-20/h5,8-10,12-13H,3-4,6-7,11,14-18H2,1-2H3. The summed E-state index contributed by atoms with van der Waals surface area (Å²) in [7, 11) is 0. The zero-order valence-electron chi connectivity index (χ0n) is 16.2. The van der Waals surface area contributed by atoms with Gasteiger partial charge >= 0.3 is 0 Å². The van der Waals surface area contributed by atoms with Crippen molar-refractivity contribution in [1.29, 1.82) is 0 Å². The van der Waals surface area contributed by atoms with Gasteiger partial charge in [0.05, 0.1) is 0 Å². The van der Waals surface area contributed by atoms with Gasteiger partial charge in [-0.15, -0.1) is 0 Å². The Hall–Kier alpha value is -2.10. The minimum atomic E-state index is 0.0558. The SMILES string of the molecule is CCN(Cc1ccccc1)C(=O)CCN(CCC1=CCCCC1)C(C)=O. The fourth-order valence-corrected chi connectivity index (χ4v) is 3.41. The fraction of sp³-hybridized carbons (Fsp3) is 0.545. The lowest BCUT2D eigenvalue weighted by molar-refractivity contribution is -0.133. The van der Waals surface area contributed by atoms with Crippen LogP contribution in [0.3, 0.4) is 0 Å². The Morgan fingerprint density at radius 1 is 1.04 bits per heavy atom. The van der Waals surface area contributed by atoms with E-state index in [0.29, 0.717) is 26.1 Å². The molecule has 0 atom stereocenters. The van der Waals surface area contributed by atoms with Crippen LogP contribution in [0.1, 0.15) is 57.9 Å². The summed E-state index contributed by atoms with van der Waals surface area (Å²) in [6, 6.07) is 10.0. The highest BCUT2D eigenvalue weighted by Gasteiger charge is 2.16. The molecule has 2 amide bonds. The van der Waals surface area contributed by atoms with Crippen molar-refractivity contribution in [2.75, 3.05) is 19.6 Å². The summed E-state index contributed by atoms with van der Waals surface area (Å²) >= 11 is 0. The first kappa shape index (κ1) is 20.2. The molecule has 142 valence electrons. The van der Waals surface area contributed by atoms with Crippen molar-refractivity contribution in [2.45, 2.75) is 58.9 Å². The van der Waals surface area contributed by atoms with Gasteiger partial charge in [-0.3, -0.25) is 9.59 Å². The molecule has 0 heterocycles. The molecule has 1 aliphatic rings. The molecule has 4 heteroatoms. The molecule has 1 aliphatic carbocycles. The molecule has 0 aromatic heterocycles. The van der Waals surface area contributed by atoms with Gasteiger partial charge < -0.3 is 9.80 Å². The zero-order chi connectivity index (χ0) is 18.8. The smallest absolute Gasteiger partial charge is 0.224 e. The summed E-state index contributed by atoms with van der Waals surface area (Å²) < 4.78 is 0. The van der Waals surface area contributed by atoms with E-state index in [9.17, 15) is 9.59 Å². The van der Waals surface area contributed by atoms with E-state index in [1.165, 1.54) is 24.8 Å². The van der Waals surface area contributed by atoms with Crippen molar-refractivity contribution >= 4 is 11.8 Å². The molecule has 4 nitrogen and oxygen atoms in total. The van der Waals surface area contributed by atoms with E-state index in [4.69, 9.17) is 0 Å². The van der Waals surface area contributed by atoms with Gasteiger partial charge in [-0.1, -0.05) is 42.0 Å². The quantitative estimate of drug-likeness (QED) is 0.623. The second kappa shape index (κ2) is 10.8. The van der Waals surface area contributed by atoms with Gasteiger partial charge in [0.2, 0.25) is 11.8 Å². The topological polar surface area (TPSA) is 40.6 Å². The lowest BCUT2D eigenvalue weighted by Gasteiger charge is -2.25. The third kappa shape index (κ3) is 6.66. The highest BCUT2D eigenvalue weighted by Crippen LogP contribution is 2.20. The van der Waals surface area contributed by atoms with E-state index in [-0.39, 0.29) is 11.8 Å². The van der Waals surface area contributed by atoms with Gasteiger partial charge in [-0.2, -0.15) is 0 Å². The molecule has 0 bridgehead atoms. The molecule has 0 unspecified atom stereocenters. The summed E-state index contributed by atoms with van der Waals surface area (Å²) in [6.45, 7) is 6.14. The summed E-state index contributed by atoms with van der Waals surface area (Å²) in [6.07, 6.45) is 8.52. The summed E-state index contributed by atoms with van der Waals surface area (Å²) in [5.74, 6) is 0.166. The number of carbonyl (C=O) groups is 2. The number of nitrogens with zero attached hydrogens (tertiary/aromatic N) is 2. The molecule has 0 N–H and O–H groups in total. The molecule has 26 heavy (non-hydrogen) atoms. The Bertz CT molecular complexity index is 610. The lowest BCUT2D eigenvalue weighted by Crippen LogP contribution is -2.36.